The van der Waals surface area contributed by atoms with Gasteiger partial charge in [-0.3, -0.25) is 9.78 Å². The van der Waals surface area contributed by atoms with Crippen LogP contribution in [0.5, 0.6) is 5.75 Å². The summed E-state index contributed by atoms with van der Waals surface area (Å²) in [4.78, 5) is 15.6. The van der Waals surface area contributed by atoms with Crippen molar-refractivity contribution in [2.75, 3.05) is 6.61 Å². The van der Waals surface area contributed by atoms with Gasteiger partial charge in [-0.25, -0.2) is 4.39 Å². The van der Waals surface area contributed by atoms with Crippen molar-refractivity contribution in [3.05, 3.63) is 59.2 Å². The van der Waals surface area contributed by atoms with Crippen molar-refractivity contribution in [1.82, 2.24) is 10.3 Å². The number of pyridine rings is 1. The van der Waals surface area contributed by atoms with Crippen LogP contribution in [0.25, 0.3) is 0 Å². The number of aliphatic hydroxyl groups excluding tert-OH is 1. The third-order valence-electron chi connectivity index (χ3n) is 3.06. The maximum Gasteiger partial charge on any atom is 0.258 e. The molecule has 116 valence electrons. The SMILES string of the molecule is Cc1ccc(CNC(=O)COc2ccc(CO)nc2)cc1F. The standard InChI is InChI=1S/C16H17FN2O3/c1-11-2-3-12(6-15(11)17)7-19-16(21)10-22-14-5-4-13(9-20)18-8-14/h2-6,8,20H,7,9-10H2,1H3,(H,19,21). The molecule has 0 radical (unpaired) electrons. The number of rotatable bonds is 6. The lowest BCUT2D eigenvalue weighted by molar-refractivity contribution is -0.123. The molecule has 0 saturated carbocycles. The number of aromatic nitrogens is 1. The number of aliphatic hydroxyl groups is 1. The van der Waals surface area contributed by atoms with E-state index in [-0.39, 0.29) is 31.5 Å². The predicted molar refractivity (Wildman–Crippen MR) is 78.6 cm³/mol. The molecule has 0 atom stereocenters. The monoisotopic (exact) mass is 304 g/mol. The molecule has 1 amide bonds. The van der Waals surface area contributed by atoms with Gasteiger partial charge < -0.3 is 15.2 Å². The Morgan fingerprint density at radius 1 is 1.36 bits per heavy atom. The lowest BCUT2D eigenvalue weighted by atomic mass is 10.1. The Balaban J connectivity index is 1.78. The maximum atomic E-state index is 13.4. The molecule has 0 bridgehead atoms. The summed E-state index contributed by atoms with van der Waals surface area (Å²) >= 11 is 0. The number of ether oxygens (including phenoxy) is 1. The van der Waals surface area contributed by atoms with Crippen LogP contribution in [-0.2, 0) is 17.9 Å². The Kier molecular flexibility index (Phi) is 5.43. The number of nitrogens with one attached hydrogen (secondary N) is 1. The Bertz CT molecular complexity index is 644. The summed E-state index contributed by atoms with van der Waals surface area (Å²) < 4.78 is 18.6. The molecule has 6 heteroatoms. The second-order valence-electron chi connectivity index (χ2n) is 4.79. The molecule has 1 aromatic heterocycles. The van der Waals surface area contributed by atoms with E-state index in [9.17, 15) is 9.18 Å². The number of aryl methyl sites for hydroxylation is 1. The van der Waals surface area contributed by atoms with Crippen molar-refractivity contribution in [3.63, 3.8) is 0 Å². The molecule has 0 aliphatic rings. The van der Waals surface area contributed by atoms with E-state index in [1.54, 1.807) is 31.2 Å². The normalized spacial score (nSPS) is 10.3. The van der Waals surface area contributed by atoms with Crippen LogP contribution in [0.2, 0.25) is 0 Å². The van der Waals surface area contributed by atoms with Crippen molar-refractivity contribution in [1.29, 1.82) is 0 Å². The first-order valence-corrected chi connectivity index (χ1v) is 6.79. The van der Waals surface area contributed by atoms with Crippen LogP contribution < -0.4 is 10.1 Å². The van der Waals surface area contributed by atoms with Gasteiger partial charge in [-0.15, -0.1) is 0 Å². The molecular formula is C16H17FN2O3. The third kappa shape index (κ3) is 4.53. The fraction of sp³-hybridized carbons (Fsp3) is 0.250. The van der Waals surface area contributed by atoms with Gasteiger partial charge in [0.25, 0.3) is 5.91 Å². The Morgan fingerprint density at radius 2 is 2.18 bits per heavy atom. The van der Waals surface area contributed by atoms with E-state index in [2.05, 4.69) is 10.3 Å². The second-order valence-corrected chi connectivity index (χ2v) is 4.79. The van der Waals surface area contributed by atoms with E-state index >= 15 is 0 Å². The summed E-state index contributed by atoms with van der Waals surface area (Å²) in [5.74, 6) is -0.168. The highest BCUT2D eigenvalue weighted by atomic mass is 19.1. The summed E-state index contributed by atoms with van der Waals surface area (Å²) in [5, 5.41) is 11.5. The number of amides is 1. The van der Waals surface area contributed by atoms with Crippen LogP contribution in [0.15, 0.2) is 36.5 Å². The molecule has 0 aliphatic heterocycles. The van der Waals surface area contributed by atoms with Gasteiger partial charge in [0.2, 0.25) is 0 Å². The van der Waals surface area contributed by atoms with Crippen LogP contribution in [0.1, 0.15) is 16.8 Å². The quantitative estimate of drug-likeness (QED) is 0.852. The molecule has 2 aromatic rings. The zero-order valence-electron chi connectivity index (χ0n) is 12.2. The van der Waals surface area contributed by atoms with Gasteiger partial charge >= 0.3 is 0 Å². The Morgan fingerprint density at radius 3 is 2.82 bits per heavy atom. The third-order valence-corrected chi connectivity index (χ3v) is 3.06. The molecule has 5 nitrogen and oxygen atoms in total. The highest BCUT2D eigenvalue weighted by Crippen LogP contribution is 2.10. The smallest absolute Gasteiger partial charge is 0.258 e. The average molecular weight is 304 g/mol. The van der Waals surface area contributed by atoms with E-state index < -0.39 is 0 Å². The zero-order chi connectivity index (χ0) is 15.9. The summed E-state index contributed by atoms with van der Waals surface area (Å²) in [7, 11) is 0. The molecule has 0 fully saturated rings. The van der Waals surface area contributed by atoms with E-state index in [4.69, 9.17) is 9.84 Å². The van der Waals surface area contributed by atoms with Gasteiger partial charge in [-0.2, -0.15) is 0 Å². The molecule has 0 saturated heterocycles. The minimum absolute atomic E-state index is 0.145. The van der Waals surface area contributed by atoms with E-state index in [0.717, 1.165) is 0 Å². The minimum Gasteiger partial charge on any atom is -0.482 e. The predicted octanol–water partition coefficient (Wildman–Crippen LogP) is 1.72. The van der Waals surface area contributed by atoms with Crippen molar-refractivity contribution in [2.24, 2.45) is 0 Å². The van der Waals surface area contributed by atoms with Crippen molar-refractivity contribution in [2.45, 2.75) is 20.1 Å². The fourth-order valence-electron chi connectivity index (χ4n) is 1.74. The Labute approximate surface area is 127 Å². The number of hydrogen-bond donors (Lipinski definition) is 2. The lowest BCUT2D eigenvalue weighted by Crippen LogP contribution is -2.28. The Hall–Kier alpha value is -2.47. The van der Waals surface area contributed by atoms with Crippen LogP contribution >= 0.6 is 0 Å². The first-order valence-electron chi connectivity index (χ1n) is 6.79. The summed E-state index contributed by atoms with van der Waals surface area (Å²) in [6, 6.07) is 8.07. The number of benzene rings is 1. The lowest BCUT2D eigenvalue weighted by Gasteiger charge is -2.08. The van der Waals surface area contributed by atoms with Crippen molar-refractivity contribution >= 4 is 5.91 Å². The molecular weight excluding hydrogens is 287 g/mol. The second kappa shape index (κ2) is 7.51. The van der Waals surface area contributed by atoms with Crippen LogP contribution in [-0.4, -0.2) is 22.6 Å². The summed E-state index contributed by atoms with van der Waals surface area (Å²) in [5.41, 5.74) is 1.78. The van der Waals surface area contributed by atoms with Gasteiger partial charge in [0.05, 0.1) is 18.5 Å². The highest BCUT2D eigenvalue weighted by molar-refractivity contribution is 5.77. The first kappa shape index (κ1) is 15.9. The molecule has 0 spiro atoms. The molecule has 1 heterocycles. The molecule has 2 rings (SSSR count). The van der Waals surface area contributed by atoms with Gasteiger partial charge in [-0.1, -0.05) is 12.1 Å². The maximum absolute atomic E-state index is 13.4. The molecule has 0 unspecified atom stereocenters. The van der Waals surface area contributed by atoms with Crippen molar-refractivity contribution < 1.29 is 19.0 Å². The number of carbonyl (C=O) groups is 1. The topological polar surface area (TPSA) is 71.5 Å². The number of carbonyl (C=O) groups excluding carboxylic acids is 1. The largest absolute Gasteiger partial charge is 0.482 e. The van der Waals surface area contributed by atoms with Gasteiger partial charge in [0, 0.05) is 6.54 Å². The minimum atomic E-state index is -0.313. The van der Waals surface area contributed by atoms with Gasteiger partial charge in [-0.05, 0) is 36.2 Å². The van der Waals surface area contributed by atoms with Crippen molar-refractivity contribution in [3.8, 4) is 5.75 Å². The zero-order valence-corrected chi connectivity index (χ0v) is 12.2. The fourth-order valence-corrected chi connectivity index (χ4v) is 1.74. The molecule has 1 aromatic carbocycles. The van der Waals surface area contributed by atoms with E-state index in [0.29, 0.717) is 22.6 Å². The summed E-state index contributed by atoms with van der Waals surface area (Å²) in [6.45, 7) is 1.62. The summed E-state index contributed by atoms with van der Waals surface area (Å²) in [6.07, 6.45) is 1.44. The molecule has 2 N–H and O–H groups in total. The van der Waals surface area contributed by atoms with Gasteiger partial charge in [0.1, 0.15) is 11.6 Å². The molecule has 0 aliphatic carbocycles. The van der Waals surface area contributed by atoms with E-state index in [1.165, 1.54) is 12.3 Å². The highest BCUT2D eigenvalue weighted by Gasteiger charge is 2.05. The van der Waals surface area contributed by atoms with Crippen LogP contribution in [0.4, 0.5) is 4.39 Å². The number of halogens is 1. The van der Waals surface area contributed by atoms with Crippen LogP contribution in [0, 0.1) is 12.7 Å². The molecule has 22 heavy (non-hydrogen) atoms. The van der Waals surface area contributed by atoms with Crippen LogP contribution in [0.3, 0.4) is 0 Å². The number of nitrogens with zero attached hydrogens (tertiary/aromatic N) is 1. The number of hydrogen-bond acceptors (Lipinski definition) is 4. The average Bonchev–Trinajstić information content (AvgIpc) is 2.54. The first-order chi connectivity index (χ1) is 10.6. The van der Waals surface area contributed by atoms with E-state index in [1.807, 2.05) is 0 Å². The van der Waals surface area contributed by atoms with Gasteiger partial charge in [0.15, 0.2) is 6.61 Å².